The smallest absolute Gasteiger partial charge is 0.129 e. The molecule has 2 atom stereocenters. The molecule has 1 heterocycles. The van der Waals surface area contributed by atoms with Crippen LogP contribution in [-0.2, 0) is 4.74 Å². The predicted octanol–water partition coefficient (Wildman–Crippen LogP) is 3.19. The number of halogens is 2. The molecular formula is C12H14BrFO2. The molecule has 2 nitrogen and oxygen atoms in total. The van der Waals surface area contributed by atoms with E-state index in [2.05, 4.69) is 15.9 Å². The molecule has 0 bridgehead atoms. The lowest BCUT2D eigenvalue weighted by molar-refractivity contribution is -0.0644. The van der Waals surface area contributed by atoms with E-state index in [4.69, 9.17) is 4.74 Å². The zero-order chi connectivity index (χ0) is 11.5. The highest BCUT2D eigenvalue weighted by atomic mass is 79.9. The minimum atomic E-state index is -0.877. The van der Waals surface area contributed by atoms with Gasteiger partial charge in [-0.05, 0) is 37.5 Å². The monoisotopic (exact) mass is 288 g/mol. The number of aliphatic hydroxyl groups excluding tert-OH is 1. The van der Waals surface area contributed by atoms with Crippen LogP contribution in [0.3, 0.4) is 0 Å². The van der Waals surface area contributed by atoms with Gasteiger partial charge in [0.05, 0.1) is 6.10 Å². The van der Waals surface area contributed by atoms with Gasteiger partial charge >= 0.3 is 0 Å². The average Bonchev–Trinajstić information content (AvgIpc) is 2.32. The largest absolute Gasteiger partial charge is 0.386 e. The van der Waals surface area contributed by atoms with Crippen LogP contribution in [-0.4, -0.2) is 17.8 Å². The average molecular weight is 289 g/mol. The molecule has 0 radical (unpaired) electrons. The number of aliphatic hydroxyl groups is 1. The van der Waals surface area contributed by atoms with Crippen molar-refractivity contribution in [3.05, 3.63) is 34.1 Å². The molecule has 16 heavy (non-hydrogen) atoms. The van der Waals surface area contributed by atoms with Gasteiger partial charge in [-0.1, -0.05) is 15.9 Å². The minimum absolute atomic E-state index is 0.280. The van der Waals surface area contributed by atoms with Crippen molar-refractivity contribution >= 4 is 15.9 Å². The molecule has 2 rings (SSSR count). The number of rotatable bonds is 2. The van der Waals surface area contributed by atoms with Gasteiger partial charge in [0.25, 0.3) is 0 Å². The third-order valence-electron chi connectivity index (χ3n) is 2.84. The maximum Gasteiger partial charge on any atom is 0.129 e. The first-order valence-electron chi connectivity index (χ1n) is 5.43. The van der Waals surface area contributed by atoms with Gasteiger partial charge in [-0.2, -0.15) is 0 Å². The number of ether oxygens (including phenoxy) is 1. The number of hydrogen-bond donors (Lipinski definition) is 1. The lowest BCUT2D eigenvalue weighted by Gasteiger charge is -2.27. The third kappa shape index (κ3) is 2.62. The van der Waals surface area contributed by atoms with Crippen LogP contribution in [0.5, 0.6) is 0 Å². The van der Waals surface area contributed by atoms with E-state index >= 15 is 0 Å². The van der Waals surface area contributed by atoms with Crippen LogP contribution in [0, 0.1) is 5.82 Å². The second-order valence-electron chi connectivity index (χ2n) is 4.02. The van der Waals surface area contributed by atoms with Crippen molar-refractivity contribution in [3.8, 4) is 0 Å². The maximum absolute atomic E-state index is 13.5. The molecule has 0 amide bonds. The molecule has 1 fully saturated rings. The SMILES string of the molecule is OC(c1cc(Br)ccc1F)C1CCCCO1. The Kier molecular flexibility index (Phi) is 3.95. The van der Waals surface area contributed by atoms with Gasteiger partial charge in [0.2, 0.25) is 0 Å². The molecule has 1 aliphatic rings. The molecule has 0 spiro atoms. The number of hydrogen-bond acceptors (Lipinski definition) is 2. The molecule has 1 aliphatic heterocycles. The summed E-state index contributed by atoms with van der Waals surface area (Å²) < 4.78 is 19.8. The van der Waals surface area contributed by atoms with Gasteiger partial charge in [0.1, 0.15) is 11.9 Å². The second kappa shape index (κ2) is 5.25. The normalized spacial score (nSPS) is 23.1. The van der Waals surface area contributed by atoms with Crippen molar-refractivity contribution in [2.45, 2.75) is 31.5 Å². The minimum Gasteiger partial charge on any atom is -0.386 e. The van der Waals surface area contributed by atoms with Crippen molar-refractivity contribution in [3.63, 3.8) is 0 Å². The lowest BCUT2D eigenvalue weighted by Crippen LogP contribution is -2.26. The molecule has 1 saturated heterocycles. The summed E-state index contributed by atoms with van der Waals surface area (Å²) in [6.45, 7) is 0.650. The van der Waals surface area contributed by atoms with Crippen molar-refractivity contribution in [1.82, 2.24) is 0 Å². The van der Waals surface area contributed by atoms with E-state index in [9.17, 15) is 9.50 Å². The van der Waals surface area contributed by atoms with Gasteiger partial charge in [-0.25, -0.2) is 4.39 Å². The van der Waals surface area contributed by atoms with E-state index in [1.807, 2.05) is 0 Å². The number of benzene rings is 1. The maximum atomic E-state index is 13.5. The summed E-state index contributed by atoms with van der Waals surface area (Å²) in [7, 11) is 0. The quantitative estimate of drug-likeness (QED) is 0.906. The molecule has 1 aromatic rings. The Bertz CT molecular complexity index is 364. The molecular weight excluding hydrogens is 275 g/mol. The van der Waals surface area contributed by atoms with E-state index in [1.165, 1.54) is 6.07 Å². The highest BCUT2D eigenvalue weighted by Crippen LogP contribution is 2.29. The topological polar surface area (TPSA) is 29.5 Å². The molecule has 0 aromatic heterocycles. The molecule has 88 valence electrons. The third-order valence-corrected chi connectivity index (χ3v) is 3.34. The lowest BCUT2D eigenvalue weighted by atomic mass is 9.98. The van der Waals surface area contributed by atoms with Gasteiger partial charge < -0.3 is 9.84 Å². The molecule has 1 aromatic carbocycles. The fraction of sp³-hybridized carbons (Fsp3) is 0.500. The first kappa shape index (κ1) is 12.0. The van der Waals surface area contributed by atoms with Crippen LogP contribution in [0.1, 0.15) is 30.9 Å². The summed E-state index contributed by atoms with van der Waals surface area (Å²) in [5.41, 5.74) is 0.307. The van der Waals surface area contributed by atoms with E-state index in [0.29, 0.717) is 12.2 Å². The summed E-state index contributed by atoms with van der Waals surface area (Å²) in [6, 6.07) is 4.58. The second-order valence-corrected chi connectivity index (χ2v) is 4.93. The Hall–Kier alpha value is -0.450. The molecule has 2 unspecified atom stereocenters. The van der Waals surface area contributed by atoms with Crippen molar-refractivity contribution in [2.24, 2.45) is 0 Å². The van der Waals surface area contributed by atoms with Gasteiger partial charge in [0.15, 0.2) is 0 Å². The van der Waals surface area contributed by atoms with E-state index in [0.717, 1.165) is 23.7 Å². The Morgan fingerprint density at radius 3 is 2.94 bits per heavy atom. The van der Waals surface area contributed by atoms with Crippen LogP contribution in [0.2, 0.25) is 0 Å². The summed E-state index contributed by atoms with van der Waals surface area (Å²) in [5, 5.41) is 10.1. The van der Waals surface area contributed by atoms with Crippen LogP contribution in [0.15, 0.2) is 22.7 Å². The summed E-state index contributed by atoms with van der Waals surface area (Å²) >= 11 is 3.27. The van der Waals surface area contributed by atoms with E-state index in [1.54, 1.807) is 12.1 Å². The molecule has 0 aliphatic carbocycles. The Balaban J connectivity index is 2.18. The highest BCUT2D eigenvalue weighted by molar-refractivity contribution is 9.10. The van der Waals surface area contributed by atoms with Crippen LogP contribution >= 0.6 is 15.9 Å². The fourth-order valence-electron chi connectivity index (χ4n) is 1.96. The van der Waals surface area contributed by atoms with E-state index in [-0.39, 0.29) is 11.9 Å². The predicted molar refractivity (Wildman–Crippen MR) is 62.7 cm³/mol. The summed E-state index contributed by atoms with van der Waals surface area (Å²) in [4.78, 5) is 0. The summed E-state index contributed by atoms with van der Waals surface area (Å²) in [6.07, 6.45) is 1.67. The summed E-state index contributed by atoms with van der Waals surface area (Å²) in [5.74, 6) is -0.384. The Morgan fingerprint density at radius 2 is 2.25 bits per heavy atom. The molecule has 4 heteroatoms. The zero-order valence-electron chi connectivity index (χ0n) is 8.83. The van der Waals surface area contributed by atoms with Crippen LogP contribution in [0.4, 0.5) is 4.39 Å². The molecule has 0 saturated carbocycles. The van der Waals surface area contributed by atoms with Crippen LogP contribution < -0.4 is 0 Å². The van der Waals surface area contributed by atoms with E-state index < -0.39 is 6.10 Å². The fourth-order valence-corrected chi connectivity index (χ4v) is 2.33. The van der Waals surface area contributed by atoms with Gasteiger partial charge in [0, 0.05) is 16.6 Å². The van der Waals surface area contributed by atoms with Gasteiger partial charge in [-0.3, -0.25) is 0 Å². The van der Waals surface area contributed by atoms with Crippen molar-refractivity contribution < 1.29 is 14.2 Å². The Morgan fingerprint density at radius 1 is 1.44 bits per heavy atom. The first-order chi connectivity index (χ1) is 7.68. The van der Waals surface area contributed by atoms with Gasteiger partial charge in [-0.15, -0.1) is 0 Å². The highest BCUT2D eigenvalue weighted by Gasteiger charge is 2.26. The molecule has 1 N–H and O–H groups in total. The first-order valence-corrected chi connectivity index (χ1v) is 6.22. The standard InChI is InChI=1S/C12H14BrFO2/c13-8-4-5-10(14)9(7-8)12(15)11-3-1-2-6-16-11/h4-5,7,11-12,15H,1-3,6H2. The Labute approximate surface area is 103 Å². The van der Waals surface area contributed by atoms with Crippen molar-refractivity contribution in [2.75, 3.05) is 6.61 Å². The van der Waals surface area contributed by atoms with Crippen molar-refractivity contribution in [1.29, 1.82) is 0 Å². The zero-order valence-corrected chi connectivity index (χ0v) is 10.4. The van der Waals surface area contributed by atoms with Crippen LogP contribution in [0.25, 0.3) is 0 Å².